The Hall–Kier alpha value is -2.32. The third kappa shape index (κ3) is 2.98. The van der Waals surface area contributed by atoms with Gasteiger partial charge in [-0.2, -0.15) is 10.4 Å². The second kappa shape index (κ2) is 6.22. The minimum absolute atomic E-state index is 0.109. The zero-order chi connectivity index (χ0) is 14.5. The Kier molecular flexibility index (Phi) is 4.38. The lowest BCUT2D eigenvalue weighted by Gasteiger charge is -2.00. The molecule has 0 atom stereocenters. The van der Waals surface area contributed by atoms with Crippen LogP contribution in [0.4, 0.5) is 0 Å². The van der Waals surface area contributed by atoms with Crippen LogP contribution in [0.1, 0.15) is 22.4 Å². The van der Waals surface area contributed by atoms with E-state index in [0.717, 1.165) is 5.56 Å². The standard InChI is InChI=1S/C15H13N3OS/c1-10-13(9-16)15(19)18-17-14(10)8-5-11-3-6-12(20-2)7-4-11/h3-8H,1-2H3,(H,18,19)/b8-5+. The lowest BCUT2D eigenvalue weighted by molar-refractivity contribution is 0.952. The zero-order valence-corrected chi connectivity index (χ0v) is 12.0. The fraction of sp³-hybridized carbons (Fsp3) is 0.133. The van der Waals surface area contributed by atoms with Gasteiger partial charge in [0.2, 0.25) is 0 Å². The Labute approximate surface area is 121 Å². The highest BCUT2D eigenvalue weighted by Gasteiger charge is 2.07. The first kappa shape index (κ1) is 14.1. The SMILES string of the molecule is CSc1ccc(/C=C/c2n[nH]c(=O)c(C#N)c2C)cc1. The molecule has 4 nitrogen and oxygen atoms in total. The van der Waals surface area contributed by atoms with E-state index >= 15 is 0 Å². The summed E-state index contributed by atoms with van der Waals surface area (Å²) in [7, 11) is 0. The van der Waals surface area contributed by atoms with Gasteiger partial charge < -0.3 is 0 Å². The van der Waals surface area contributed by atoms with Gasteiger partial charge in [-0.1, -0.05) is 18.2 Å². The molecule has 0 amide bonds. The van der Waals surface area contributed by atoms with Crippen molar-refractivity contribution in [2.24, 2.45) is 0 Å². The van der Waals surface area contributed by atoms with Crippen LogP contribution in [0.25, 0.3) is 12.2 Å². The van der Waals surface area contributed by atoms with Crippen molar-refractivity contribution in [1.29, 1.82) is 5.26 Å². The fourth-order valence-electron chi connectivity index (χ4n) is 1.74. The molecule has 5 heteroatoms. The number of aromatic nitrogens is 2. The number of thioether (sulfide) groups is 1. The van der Waals surface area contributed by atoms with Crippen LogP contribution in [0.5, 0.6) is 0 Å². The van der Waals surface area contributed by atoms with Crippen LogP contribution in [0.15, 0.2) is 34.0 Å². The molecule has 1 heterocycles. The molecule has 0 saturated heterocycles. The second-order valence-electron chi connectivity index (χ2n) is 4.16. The highest BCUT2D eigenvalue weighted by atomic mass is 32.2. The summed E-state index contributed by atoms with van der Waals surface area (Å²) in [5.74, 6) is 0. The molecule has 1 N–H and O–H groups in total. The molecule has 2 rings (SSSR count). The molecule has 0 unspecified atom stereocenters. The minimum atomic E-state index is -0.452. The van der Waals surface area contributed by atoms with Crippen LogP contribution in [0.2, 0.25) is 0 Å². The summed E-state index contributed by atoms with van der Waals surface area (Å²) in [5, 5.41) is 15.2. The maximum atomic E-state index is 11.4. The third-order valence-corrected chi connectivity index (χ3v) is 3.67. The van der Waals surface area contributed by atoms with Gasteiger partial charge in [0.05, 0.1) is 5.69 Å². The molecule has 100 valence electrons. The van der Waals surface area contributed by atoms with E-state index in [0.29, 0.717) is 11.3 Å². The van der Waals surface area contributed by atoms with Crippen molar-refractivity contribution < 1.29 is 0 Å². The van der Waals surface area contributed by atoms with E-state index in [-0.39, 0.29) is 5.56 Å². The summed E-state index contributed by atoms with van der Waals surface area (Å²) >= 11 is 1.69. The van der Waals surface area contributed by atoms with E-state index in [4.69, 9.17) is 5.26 Å². The van der Waals surface area contributed by atoms with E-state index in [9.17, 15) is 4.79 Å². The maximum Gasteiger partial charge on any atom is 0.282 e. The van der Waals surface area contributed by atoms with Crippen LogP contribution < -0.4 is 5.56 Å². The molecular formula is C15H13N3OS. The number of H-pyrrole nitrogens is 1. The predicted molar refractivity (Wildman–Crippen MR) is 81.5 cm³/mol. The molecule has 0 aliphatic carbocycles. The molecule has 20 heavy (non-hydrogen) atoms. The Balaban J connectivity index is 2.32. The minimum Gasteiger partial charge on any atom is -0.267 e. The summed E-state index contributed by atoms with van der Waals surface area (Å²) in [6.07, 6.45) is 5.72. The quantitative estimate of drug-likeness (QED) is 0.879. The molecule has 0 aliphatic rings. The van der Waals surface area contributed by atoms with Gasteiger partial charge in [-0.15, -0.1) is 11.8 Å². The third-order valence-electron chi connectivity index (χ3n) is 2.93. The topological polar surface area (TPSA) is 69.5 Å². The molecule has 0 bridgehead atoms. The maximum absolute atomic E-state index is 11.4. The molecule has 1 aromatic carbocycles. The number of rotatable bonds is 3. The van der Waals surface area contributed by atoms with E-state index in [1.165, 1.54) is 4.90 Å². The van der Waals surface area contributed by atoms with Crippen LogP contribution in [-0.4, -0.2) is 16.5 Å². The first-order valence-electron chi connectivity index (χ1n) is 5.97. The average Bonchev–Trinajstić information content (AvgIpc) is 2.47. The van der Waals surface area contributed by atoms with Gasteiger partial charge in [-0.3, -0.25) is 4.79 Å². The molecule has 0 radical (unpaired) electrons. The van der Waals surface area contributed by atoms with E-state index < -0.39 is 5.56 Å². The molecule has 2 aromatic rings. The first-order valence-corrected chi connectivity index (χ1v) is 7.19. The highest BCUT2D eigenvalue weighted by Crippen LogP contribution is 2.16. The average molecular weight is 283 g/mol. The highest BCUT2D eigenvalue weighted by molar-refractivity contribution is 7.98. The second-order valence-corrected chi connectivity index (χ2v) is 5.04. The van der Waals surface area contributed by atoms with Crippen molar-refractivity contribution in [3.63, 3.8) is 0 Å². The molecule has 0 aliphatic heterocycles. The van der Waals surface area contributed by atoms with Gasteiger partial charge in [0.1, 0.15) is 11.6 Å². The predicted octanol–water partition coefficient (Wildman–Crippen LogP) is 2.84. The Morgan fingerprint density at radius 2 is 2.00 bits per heavy atom. The number of nitriles is 1. The Morgan fingerprint density at radius 3 is 2.60 bits per heavy atom. The normalized spacial score (nSPS) is 10.7. The first-order chi connectivity index (χ1) is 9.65. The van der Waals surface area contributed by atoms with Gasteiger partial charge in [-0.05, 0) is 42.5 Å². The Bertz CT molecular complexity index is 739. The molecule has 0 saturated carbocycles. The van der Waals surface area contributed by atoms with E-state index in [2.05, 4.69) is 10.2 Å². The smallest absolute Gasteiger partial charge is 0.267 e. The molecule has 1 aromatic heterocycles. The van der Waals surface area contributed by atoms with Gasteiger partial charge in [0.15, 0.2) is 0 Å². The largest absolute Gasteiger partial charge is 0.282 e. The van der Waals surface area contributed by atoms with Crippen LogP contribution in [0.3, 0.4) is 0 Å². The fourth-order valence-corrected chi connectivity index (χ4v) is 2.14. The Morgan fingerprint density at radius 1 is 1.30 bits per heavy atom. The molecule has 0 fully saturated rings. The number of nitrogens with one attached hydrogen (secondary N) is 1. The van der Waals surface area contributed by atoms with Crippen molar-refractivity contribution in [1.82, 2.24) is 10.2 Å². The number of aromatic amines is 1. The van der Waals surface area contributed by atoms with Crippen LogP contribution in [-0.2, 0) is 0 Å². The lowest BCUT2D eigenvalue weighted by Crippen LogP contribution is -2.15. The van der Waals surface area contributed by atoms with Crippen LogP contribution in [0, 0.1) is 18.3 Å². The summed E-state index contributed by atoms with van der Waals surface area (Å²) in [5.41, 5.74) is 1.88. The summed E-state index contributed by atoms with van der Waals surface area (Å²) < 4.78 is 0. The van der Waals surface area contributed by atoms with Gasteiger partial charge >= 0.3 is 0 Å². The summed E-state index contributed by atoms with van der Waals surface area (Å²) in [6.45, 7) is 1.72. The van der Waals surface area contributed by atoms with Crippen molar-refractivity contribution in [2.45, 2.75) is 11.8 Å². The van der Waals surface area contributed by atoms with E-state index in [1.807, 2.05) is 42.7 Å². The van der Waals surface area contributed by atoms with Crippen molar-refractivity contribution >= 4 is 23.9 Å². The van der Waals surface area contributed by atoms with E-state index in [1.54, 1.807) is 24.8 Å². The van der Waals surface area contributed by atoms with Gasteiger partial charge in [-0.25, -0.2) is 5.10 Å². The van der Waals surface area contributed by atoms with Gasteiger partial charge in [0, 0.05) is 4.90 Å². The van der Waals surface area contributed by atoms with Crippen molar-refractivity contribution in [3.05, 3.63) is 57.0 Å². The van der Waals surface area contributed by atoms with Crippen molar-refractivity contribution in [3.8, 4) is 6.07 Å². The number of hydrogen-bond acceptors (Lipinski definition) is 4. The lowest BCUT2D eigenvalue weighted by atomic mass is 10.1. The monoisotopic (exact) mass is 283 g/mol. The molecular weight excluding hydrogens is 270 g/mol. The molecule has 0 spiro atoms. The number of benzene rings is 1. The van der Waals surface area contributed by atoms with Crippen molar-refractivity contribution in [2.75, 3.05) is 6.26 Å². The van der Waals surface area contributed by atoms with Gasteiger partial charge in [0.25, 0.3) is 5.56 Å². The number of nitrogens with zero attached hydrogens (tertiary/aromatic N) is 2. The summed E-state index contributed by atoms with van der Waals surface area (Å²) in [4.78, 5) is 12.6. The van der Waals surface area contributed by atoms with Crippen LogP contribution >= 0.6 is 11.8 Å². The summed E-state index contributed by atoms with van der Waals surface area (Å²) in [6, 6.07) is 9.99. The number of hydrogen-bond donors (Lipinski definition) is 1. The zero-order valence-electron chi connectivity index (χ0n) is 11.2.